The normalized spacial score (nSPS) is 15.1. The SMILES string of the molecule is CC[NH+](CC)C(F)(F)C(F)(F)C(F)(F)C(F)(F)C(F)(F)CCC(F)(F)F.[Cl-]. The van der Waals surface area contributed by atoms with Crippen LogP contribution in [0.3, 0.4) is 0 Å². The number of rotatable bonds is 9. The van der Waals surface area contributed by atoms with E-state index >= 15 is 0 Å². The lowest BCUT2D eigenvalue weighted by Gasteiger charge is -2.40. The number of hydrogen-bond acceptors (Lipinski definition) is 0. The van der Waals surface area contributed by atoms with Gasteiger partial charge in [0.15, 0.2) is 0 Å². The van der Waals surface area contributed by atoms with Crippen molar-refractivity contribution in [3.63, 3.8) is 0 Å². The topological polar surface area (TPSA) is 4.44 Å². The van der Waals surface area contributed by atoms with Crippen molar-refractivity contribution in [3.05, 3.63) is 0 Å². The summed E-state index contributed by atoms with van der Waals surface area (Å²) in [4.78, 5) is -1.61. The van der Waals surface area contributed by atoms with Crippen molar-refractivity contribution in [2.45, 2.75) is 62.6 Å². The molecule has 15 heteroatoms. The van der Waals surface area contributed by atoms with Crippen molar-refractivity contribution in [3.8, 4) is 0 Å². The first-order valence-electron chi connectivity index (χ1n) is 7.04. The molecule has 0 spiro atoms. The monoisotopic (exact) mass is 455 g/mol. The van der Waals surface area contributed by atoms with E-state index in [0.29, 0.717) is 0 Å². The van der Waals surface area contributed by atoms with Crippen molar-refractivity contribution in [2.75, 3.05) is 13.1 Å². The standard InChI is InChI=1S/C12H14F13N.ClH/c1-3-26(4-2)12(24,25)11(22,23)10(20,21)9(18,19)7(13,14)5-6-8(15,16)17;/h3-6H2,1-2H3;1H. The van der Waals surface area contributed by atoms with Crippen LogP contribution in [0.4, 0.5) is 57.1 Å². The summed E-state index contributed by atoms with van der Waals surface area (Å²) in [5.74, 6) is -27.8. The Morgan fingerprint density at radius 3 is 1.22 bits per heavy atom. The average Bonchev–Trinajstić information content (AvgIpc) is 2.44. The summed E-state index contributed by atoms with van der Waals surface area (Å²) in [7, 11) is 0. The molecular weight excluding hydrogens is 441 g/mol. The highest BCUT2D eigenvalue weighted by molar-refractivity contribution is 5.06. The summed E-state index contributed by atoms with van der Waals surface area (Å²) in [6, 6.07) is -5.90. The highest BCUT2D eigenvalue weighted by Gasteiger charge is 2.88. The van der Waals surface area contributed by atoms with E-state index in [2.05, 4.69) is 0 Å². The van der Waals surface area contributed by atoms with E-state index in [1.807, 2.05) is 0 Å². The maximum absolute atomic E-state index is 13.6. The Morgan fingerprint density at radius 1 is 0.556 bits per heavy atom. The van der Waals surface area contributed by atoms with E-state index in [9.17, 15) is 57.1 Å². The molecule has 0 aliphatic rings. The van der Waals surface area contributed by atoms with E-state index in [0.717, 1.165) is 13.8 Å². The van der Waals surface area contributed by atoms with Crippen LogP contribution in [-0.2, 0) is 0 Å². The molecule has 1 nitrogen and oxygen atoms in total. The van der Waals surface area contributed by atoms with Crippen molar-refractivity contribution in [2.24, 2.45) is 0 Å². The van der Waals surface area contributed by atoms with E-state index in [4.69, 9.17) is 0 Å². The molecule has 0 heterocycles. The molecule has 0 fully saturated rings. The van der Waals surface area contributed by atoms with Gasteiger partial charge in [0.2, 0.25) is 0 Å². The molecule has 0 unspecified atom stereocenters. The molecule has 0 amide bonds. The molecule has 0 saturated heterocycles. The fourth-order valence-corrected chi connectivity index (χ4v) is 2.00. The van der Waals surface area contributed by atoms with Crippen molar-refractivity contribution < 1.29 is 74.4 Å². The lowest BCUT2D eigenvalue weighted by molar-refractivity contribution is -1.000. The van der Waals surface area contributed by atoms with E-state index in [1.165, 1.54) is 0 Å². The number of hydrogen-bond donors (Lipinski definition) is 1. The fourth-order valence-electron chi connectivity index (χ4n) is 2.00. The van der Waals surface area contributed by atoms with Gasteiger partial charge in [0, 0.05) is 12.8 Å². The van der Waals surface area contributed by atoms with Crippen LogP contribution in [0, 0.1) is 0 Å². The molecule has 0 aromatic carbocycles. The summed E-state index contributed by atoms with van der Waals surface area (Å²) in [5, 5.41) is 0. The molecule has 0 aliphatic heterocycles. The maximum Gasteiger partial charge on any atom is 0.460 e. The largest absolute Gasteiger partial charge is 1.00 e. The molecule has 1 N–H and O–H groups in total. The zero-order chi connectivity index (χ0) is 21.4. The van der Waals surface area contributed by atoms with Gasteiger partial charge in [-0.25, -0.2) is 0 Å². The molecule has 0 radical (unpaired) electrons. The minimum Gasteiger partial charge on any atom is -1.00 e. The second-order valence-electron chi connectivity index (χ2n) is 5.43. The van der Waals surface area contributed by atoms with E-state index in [1.54, 1.807) is 0 Å². The predicted molar refractivity (Wildman–Crippen MR) is 62.1 cm³/mol. The molecule has 0 aromatic heterocycles. The van der Waals surface area contributed by atoms with Crippen molar-refractivity contribution >= 4 is 0 Å². The minimum atomic E-state index is -7.34. The first-order valence-corrected chi connectivity index (χ1v) is 7.04. The molecule has 27 heavy (non-hydrogen) atoms. The Bertz CT molecular complexity index is 470. The van der Waals surface area contributed by atoms with Gasteiger partial charge in [0.1, 0.15) is 0 Å². The van der Waals surface area contributed by atoms with Gasteiger partial charge in [-0.3, -0.25) is 4.90 Å². The van der Waals surface area contributed by atoms with Gasteiger partial charge in [0.05, 0.1) is 13.1 Å². The van der Waals surface area contributed by atoms with Gasteiger partial charge in [-0.05, 0) is 13.8 Å². The van der Waals surface area contributed by atoms with Gasteiger partial charge in [-0.1, -0.05) is 0 Å². The van der Waals surface area contributed by atoms with Crippen LogP contribution in [0.25, 0.3) is 0 Å². The summed E-state index contributed by atoms with van der Waals surface area (Å²) < 4.78 is 170. The van der Waals surface area contributed by atoms with Gasteiger partial charge < -0.3 is 12.4 Å². The second-order valence-corrected chi connectivity index (χ2v) is 5.43. The Kier molecular flexibility index (Phi) is 8.85. The number of quaternary nitrogens is 1. The number of halogens is 14. The Morgan fingerprint density at radius 2 is 0.926 bits per heavy atom. The third-order valence-corrected chi connectivity index (χ3v) is 3.66. The highest BCUT2D eigenvalue weighted by Crippen LogP contribution is 2.57. The third-order valence-electron chi connectivity index (χ3n) is 3.66. The van der Waals surface area contributed by atoms with Crippen LogP contribution in [0.15, 0.2) is 0 Å². The average molecular weight is 456 g/mol. The fraction of sp³-hybridized carbons (Fsp3) is 1.00. The molecule has 166 valence electrons. The van der Waals surface area contributed by atoms with Crippen LogP contribution in [-0.4, -0.2) is 49.0 Å². The van der Waals surface area contributed by atoms with Crippen LogP contribution < -0.4 is 17.3 Å². The van der Waals surface area contributed by atoms with Gasteiger partial charge >= 0.3 is 35.9 Å². The molecule has 0 atom stereocenters. The summed E-state index contributed by atoms with van der Waals surface area (Å²) in [6.07, 6.45) is -11.2. The molecule has 0 bridgehead atoms. The quantitative estimate of drug-likeness (QED) is 0.396. The molecular formula is C12H15ClF13N. The molecule has 0 aromatic rings. The number of alkyl halides is 13. The zero-order valence-electron chi connectivity index (χ0n) is 13.6. The molecule has 0 rings (SSSR count). The molecule has 0 saturated carbocycles. The van der Waals surface area contributed by atoms with Crippen molar-refractivity contribution in [1.82, 2.24) is 0 Å². The number of nitrogens with one attached hydrogen (secondary N) is 1. The van der Waals surface area contributed by atoms with Crippen LogP contribution in [0.1, 0.15) is 26.7 Å². The van der Waals surface area contributed by atoms with Gasteiger partial charge in [0.25, 0.3) is 0 Å². The Labute approximate surface area is 151 Å². The van der Waals surface area contributed by atoms with E-state index < -0.39 is 66.7 Å². The minimum absolute atomic E-state index is 0. The first-order chi connectivity index (χ1) is 11.2. The first kappa shape index (κ1) is 28.5. The summed E-state index contributed by atoms with van der Waals surface area (Å²) in [6.45, 7) is -0.273. The lowest BCUT2D eigenvalue weighted by atomic mass is 9.94. The van der Waals surface area contributed by atoms with Crippen LogP contribution in [0.2, 0.25) is 0 Å². The van der Waals surface area contributed by atoms with Gasteiger partial charge in [-0.15, -0.1) is 8.78 Å². The smallest absolute Gasteiger partial charge is 0.460 e. The Hall–Kier alpha value is -0.660. The summed E-state index contributed by atoms with van der Waals surface area (Å²) >= 11 is 0. The third kappa shape index (κ3) is 5.04. The second kappa shape index (κ2) is 8.37. The lowest BCUT2D eigenvalue weighted by Crippen LogP contribution is -3.21. The Balaban J connectivity index is 0. The predicted octanol–water partition coefficient (Wildman–Crippen LogP) is 1.39. The van der Waals surface area contributed by atoms with Crippen LogP contribution in [0.5, 0.6) is 0 Å². The van der Waals surface area contributed by atoms with Gasteiger partial charge in [-0.2, -0.15) is 48.3 Å². The zero-order valence-corrected chi connectivity index (χ0v) is 14.4. The van der Waals surface area contributed by atoms with E-state index in [-0.39, 0.29) is 12.4 Å². The van der Waals surface area contributed by atoms with Crippen LogP contribution >= 0.6 is 0 Å². The van der Waals surface area contributed by atoms with Crippen molar-refractivity contribution in [1.29, 1.82) is 0 Å². The highest BCUT2D eigenvalue weighted by atomic mass is 35.5. The summed E-state index contributed by atoms with van der Waals surface area (Å²) in [5.41, 5.74) is 0. The molecule has 0 aliphatic carbocycles. The maximum atomic E-state index is 13.6.